The van der Waals surface area contributed by atoms with Gasteiger partial charge in [-0.05, 0) is 18.8 Å². The van der Waals surface area contributed by atoms with E-state index in [0.29, 0.717) is 17.3 Å². The molecular formula is C13H21FN2O2. The molecule has 0 saturated heterocycles. The summed E-state index contributed by atoms with van der Waals surface area (Å²) in [5, 5.41) is 12.0. The molecule has 0 saturated carbocycles. The van der Waals surface area contributed by atoms with Gasteiger partial charge in [0, 0.05) is 25.3 Å². The molecule has 0 aliphatic heterocycles. The average molecular weight is 256 g/mol. The lowest BCUT2D eigenvalue weighted by Gasteiger charge is -2.12. The van der Waals surface area contributed by atoms with Crippen LogP contribution in [-0.4, -0.2) is 25.4 Å². The highest BCUT2D eigenvalue weighted by molar-refractivity contribution is 5.68. The third-order valence-electron chi connectivity index (χ3n) is 2.82. The lowest BCUT2D eigenvalue weighted by molar-refractivity contribution is 0.229. The first kappa shape index (κ1) is 14.6. The second kappa shape index (κ2) is 7.06. The van der Waals surface area contributed by atoms with Crippen molar-refractivity contribution >= 4 is 11.4 Å². The van der Waals surface area contributed by atoms with Crippen molar-refractivity contribution in [1.82, 2.24) is 0 Å². The van der Waals surface area contributed by atoms with Gasteiger partial charge in [-0.3, -0.25) is 0 Å². The second-order valence-electron chi connectivity index (χ2n) is 4.43. The number of halogens is 1. The molecule has 0 fully saturated rings. The molecule has 1 aromatic rings. The summed E-state index contributed by atoms with van der Waals surface area (Å²) in [7, 11) is 1.42. The number of benzene rings is 1. The Morgan fingerprint density at radius 2 is 2.22 bits per heavy atom. The van der Waals surface area contributed by atoms with Crippen LogP contribution >= 0.6 is 0 Å². The standard InChI is InChI=1S/C13H21FN2O2/c1-9(8-17)4-3-5-16-12-7-13(18-2)10(14)6-11(12)15/h6-7,9,16-17H,3-5,8,15H2,1-2H3. The highest BCUT2D eigenvalue weighted by atomic mass is 19.1. The summed E-state index contributed by atoms with van der Waals surface area (Å²) in [4.78, 5) is 0. The topological polar surface area (TPSA) is 67.5 Å². The predicted molar refractivity (Wildman–Crippen MR) is 71.3 cm³/mol. The zero-order valence-corrected chi connectivity index (χ0v) is 10.9. The normalized spacial score (nSPS) is 12.2. The Morgan fingerprint density at radius 3 is 2.83 bits per heavy atom. The minimum atomic E-state index is -0.463. The van der Waals surface area contributed by atoms with Crippen molar-refractivity contribution in [2.45, 2.75) is 19.8 Å². The molecule has 4 N–H and O–H groups in total. The Bertz CT molecular complexity index is 385. The van der Waals surface area contributed by atoms with Crippen LogP contribution in [0.3, 0.4) is 0 Å². The number of ether oxygens (including phenoxy) is 1. The van der Waals surface area contributed by atoms with Crippen LogP contribution in [0.2, 0.25) is 0 Å². The maximum Gasteiger partial charge on any atom is 0.167 e. The molecule has 0 aliphatic carbocycles. The first-order valence-corrected chi connectivity index (χ1v) is 6.06. The van der Waals surface area contributed by atoms with Crippen molar-refractivity contribution in [2.24, 2.45) is 5.92 Å². The highest BCUT2D eigenvalue weighted by Crippen LogP contribution is 2.27. The molecule has 1 aromatic carbocycles. The summed E-state index contributed by atoms with van der Waals surface area (Å²) in [6.45, 7) is 2.92. The van der Waals surface area contributed by atoms with E-state index in [4.69, 9.17) is 15.6 Å². The maximum absolute atomic E-state index is 13.3. The molecule has 0 bridgehead atoms. The van der Waals surface area contributed by atoms with Crippen molar-refractivity contribution in [1.29, 1.82) is 0 Å². The number of methoxy groups -OCH3 is 1. The van der Waals surface area contributed by atoms with E-state index in [1.54, 1.807) is 6.07 Å². The van der Waals surface area contributed by atoms with Crippen LogP contribution in [0.4, 0.5) is 15.8 Å². The summed E-state index contributed by atoms with van der Waals surface area (Å²) in [6, 6.07) is 2.80. The van der Waals surface area contributed by atoms with Gasteiger partial charge < -0.3 is 20.9 Å². The number of anilines is 2. The van der Waals surface area contributed by atoms with Gasteiger partial charge in [0.15, 0.2) is 11.6 Å². The van der Waals surface area contributed by atoms with Crippen LogP contribution < -0.4 is 15.8 Å². The van der Waals surface area contributed by atoms with Crippen molar-refractivity contribution < 1.29 is 14.2 Å². The Labute approximate surface area is 107 Å². The SMILES string of the molecule is COc1cc(NCCCC(C)CO)c(N)cc1F. The molecular weight excluding hydrogens is 235 g/mol. The first-order valence-electron chi connectivity index (χ1n) is 6.06. The summed E-state index contributed by atoms with van der Waals surface area (Å²) in [5.74, 6) is 0.0109. The summed E-state index contributed by atoms with van der Waals surface area (Å²) >= 11 is 0. The first-order chi connectivity index (χ1) is 8.58. The molecule has 1 unspecified atom stereocenters. The Balaban J connectivity index is 2.51. The van der Waals surface area contributed by atoms with Crippen LogP contribution in [0.25, 0.3) is 0 Å². The fourth-order valence-corrected chi connectivity index (χ4v) is 1.64. The van der Waals surface area contributed by atoms with Crippen LogP contribution in [0.15, 0.2) is 12.1 Å². The third kappa shape index (κ3) is 4.07. The number of aliphatic hydroxyl groups is 1. The van der Waals surface area contributed by atoms with E-state index in [9.17, 15) is 4.39 Å². The molecule has 0 aliphatic rings. The van der Waals surface area contributed by atoms with Crippen LogP contribution in [0.1, 0.15) is 19.8 Å². The van der Waals surface area contributed by atoms with Gasteiger partial charge >= 0.3 is 0 Å². The summed E-state index contributed by atoms with van der Waals surface area (Å²) in [5.41, 5.74) is 6.75. The fourth-order valence-electron chi connectivity index (χ4n) is 1.64. The molecule has 0 spiro atoms. The quantitative estimate of drug-likeness (QED) is 0.517. The van der Waals surface area contributed by atoms with Crippen molar-refractivity contribution in [3.63, 3.8) is 0 Å². The molecule has 0 aromatic heterocycles. The molecule has 102 valence electrons. The van der Waals surface area contributed by atoms with Gasteiger partial charge in [-0.1, -0.05) is 6.92 Å². The minimum absolute atomic E-state index is 0.176. The van der Waals surface area contributed by atoms with Crippen molar-refractivity contribution in [2.75, 3.05) is 31.3 Å². The van der Waals surface area contributed by atoms with Gasteiger partial charge in [0.25, 0.3) is 0 Å². The van der Waals surface area contributed by atoms with E-state index in [1.807, 2.05) is 6.92 Å². The zero-order chi connectivity index (χ0) is 13.5. The predicted octanol–water partition coefficient (Wildman–Crippen LogP) is 2.24. The average Bonchev–Trinajstić information content (AvgIpc) is 2.36. The van der Waals surface area contributed by atoms with Gasteiger partial charge in [0.1, 0.15) is 0 Å². The van der Waals surface area contributed by atoms with E-state index in [0.717, 1.165) is 19.4 Å². The molecule has 1 rings (SSSR count). The number of aliphatic hydroxyl groups excluding tert-OH is 1. The van der Waals surface area contributed by atoms with Crippen LogP contribution in [-0.2, 0) is 0 Å². The number of nitrogen functional groups attached to an aromatic ring is 1. The lowest BCUT2D eigenvalue weighted by Crippen LogP contribution is -2.08. The molecule has 0 amide bonds. The van der Waals surface area contributed by atoms with Crippen molar-refractivity contribution in [3.8, 4) is 5.75 Å². The van der Waals surface area contributed by atoms with E-state index >= 15 is 0 Å². The van der Waals surface area contributed by atoms with E-state index < -0.39 is 5.82 Å². The molecule has 0 heterocycles. The van der Waals surface area contributed by atoms with Gasteiger partial charge in [-0.2, -0.15) is 0 Å². The summed E-state index contributed by atoms with van der Waals surface area (Å²) < 4.78 is 18.2. The Hall–Kier alpha value is -1.49. The zero-order valence-electron chi connectivity index (χ0n) is 10.9. The van der Waals surface area contributed by atoms with E-state index in [1.165, 1.54) is 13.2 Å². The fraction of sp³-hybridized carbons (Fsp3) is 0.538. The number of hydrogen-bond acceptors (Lipinski definition) is 4. The monoisotopic (exact) mass is 256 g/mol. The van der Waals surface area contributed by atoms with Gasteiger partial charge in [-0.25, -0.2) is 4.39 Å². The largest absolute Gasteiger partial charge is 0.494 e. The lowest BCUT2D eigenvalue weighted by atomic mass is 10.1. The van der Waals surface area contributed by atoms with Crippen LogP contribution in [0, 0.1) is 11.7 Å². The second-order valence-corrected chi connectivity index (χ2v) is 4.43. The van der Waals surface area contributed by atoms with Crippen LogP contribution in [0.5, 0.6) is 5.75 Å². The highest BCUT2D eigenvalue weighted by Gasteiger charge is 2.08. The molecule has 0 radical (unpaired) electrons. The molecule has 1 atom stereocenters. The number of hydrogen-bond donors (Lipinski definition) is 3. The van der Waals surface area contributed by atoms with Gasteiger partial charge in [-0.15, -0.1) is 0 Å². The molecule has 4 nitrogen and oxygen atoms in total. The molecule has 18 heavy (non-hydrogen) atoms. The van der Waals surface area contributed by atoms with E-state index in [-0.39, 0.29) is 12.4 Å². The summed E-state index contributed by atoms with van der Waals surface area (Å²) in [6.07, 6.45) is 1.85. The number of nitrogens with two attached hydrogens (primary N) is 1. The number of nitrogens with one attached hydrogen (secondary N) is 1. The maximum atomic E-state index is 13.3. The smallest absolute Gasteiger partial charge is 0.167 e. The van der Waals surface area contributed by atoms with Gasteiger partial charge in [0.05, 0.1) is 18.5 Å². The van der Waals surface area contributed by atoms with Gasteiger partial charge in [0.2, 0.25) is 0 Å². The Kier molecular flexibility index (Phi) is 5.71. The Morgan fingerprint density at radius 1 is 1.50 bits per heavy atom. The molecule has 5 heteroatoms. The third-order valence-corrected chi connectivity index (χ3v) is 2.82. The number of rotatable bonds is 7. The minimum Gasteiger partial charge on any atom is -0.494 e. The van der Waals surface area contributed by atoms with Crippen molar-refractivity contribution in [3.05, 3.63) is 17.9 Å². The van der Waals surface area contributed by atoms with E-state index in [2.05, 4.69) is 5.32 Å².